The van der Waals surface area contributed by atoms with Gasteiger partial charge in [-0.15, -0.1) is 0 Å². The van der Waals surface area contributed by atoms with Crippen LogP contribution in [0.4, 0.5) is 23.1 Å². The van der Waals surface area contributed by atoms with Crippen molar-refractivity contribution < 1.29 is 0 Å². The van der Waals surface area contributed by atoms with Crippen LogP contribution in [0.25, 0.3) is 21.9 Å². The first-order valence-electron chi connectivity index (χ1n) is 11.1. The first-order chi connectivity index (χ1) is 16.6. The Balaban J connectivity index is 1.42. The molecule has 0 aliphatic rings. The number of anilines is 4. The highest BCUT2D eigenvalue weighted by Crippen LogP contribution is 2.34. The molecular formula is C29H23N5. The molecule has 0 unspecified atom stereocenters. The summed E-state index contributed by atoms with van der Waals surface area (Å²) in [6, 6.07) is 30.5. The SMILES string of the molecule is Cc1cc(-c2cccc3ccccc23)cc(C)c1Nc1ccnc(Nc2ccc(C#N)cc2)n1. The summed E-state index contributed by atoms with van der Waals surface area (Å²) in [5.41, 5.74) is 7.18. The van der Waals surface area contributed by atoms with E-state index in [-0.39, 0.29) is 0 Å². The second-order valence-electron chi connectivity index (χ2n) is 8.22. The Kier molecular flexibility index (Phi) is 5.63. The number of nitriles is 1. The molecule has 0 aliphatic heterocycles. The zero-order valence-electron chi connectivity index (χ0n) is 19.0. The van der Waals surface area contributed by atoms with Crippen molar-refractivity contribution >= 4 is 33.9 Å². The highest BCUT2D eigenvalue weighted by atomic mass is 15.1. The van der Waals surface area contributed by atoms with Crippen LogP contribution in [-0.4, -0.2) is 9.97 Å². The molecule has 2 N–H and O–H groups in total. The van der Waals surface area contributed by atoms with E-state index in [0.29, 0.717) is 17.3 Å². The van der Waals surface area contributed by atoms with Gasteiger partial charge in [0.2, 0.25) is 5.95 Å². The fourth-order valence-corrected chi connectivity index (χ4v) is 4.17. The average Bonchev–Trinajstić information content (AvgIpc) is 2.86. The summed E-state index contributed by atoms with van der Waals surface area (Å²) in [6.07, 6.45) is 1.72. The fraction of sp³-hybridized carbons (Fsp3) is 0.0690. The fourth-order valence-electron chi connectivity index (χ4n) is 4.17. The Hall–Kier alpha value is -4.69. The average molecular weight is 442 g/mol. The Morgan fingerprint density at radius 2 is 1.53 bits per heavy atom. The molecule has 1 heterocycles. The van der Waals surface area contributed by atoms with Crippen molar-refractivity contribution in [2.45, 2.75) is 13.8 Å². The summed E-state index contributed by atoms with van der Waals surface area (Å²) in [5.74, 6) is 1.19. The molecule has 5 rings (SSSR count). The second kappa shape index (κ2) is 9.05. The quantitative estimate of drug-likeness (QED) is 0.300. The number of benzene rings is 4. The van der Waals surface area contributed by atoms with E-state index in [1.807, 2.05) is 18.2 Å². The van der Waals surface area contributed by atoms with Gasteiger partial charge in [0.15, 0.2) is 0 Å². The lowest BCUT2D eigenvalue weighted by molar-refractivity contribution is 1.16. The van der Waals surface area contributed by atoms with Crippen LogP contribution >= 0.6 is 0 Å². The molecule has 0 atom stereocenters. The minimum Gasteiger partial charge on any atom is -0.340 e. The number of rotatable bonds is 5. The zero-order chi connectivity index (χ0) is 23.5. The summed E-state index contributed by atoms with van der Waals surface area (Å²) in [5, 5.41) is 18.1. The highest BCUT2D eigenvalue weighted by Gasteiger charge is 2.10. The largest absolute Gasteiger partial charge is 0.340 e. The van der Waals surface area contributed by atoms with Crippen molar-refractivity contribution in [2.24, 2.45) is 0 Å². The van der Waals surface area contributed by atoms with E-state index >= 15 is 0 Å². The highest BCUT2D eigenvalue weighted by molar-refractivity contribution is 5.97. The summed E-state index contributed by atoms with van der Waals surface area (Å²) < 4.78 is 0. The van der Waals surface area contributed by atoms with Gasteiger partial charge in [-0.25, -0.2) is 4.98 Å². The summed E-state index contributed by atoms with van der Waals surface area (Å²) in [6.45, 7) is 4.22. The summed E-state index contributed by atoms with van der Waals surface area (Å²) in [7, 11) is 0. The van der Waals surface area contributed by atoms with Crippen molar-refractivity contribution in [3.63, 3.8) is 0 Å². The maximum Gasteiger partial charge on any atom is 0.229 e. The van der Waals surface area contributed by atoms with Crippen molar-refractivity contribution in [1.82, 2.24) is 9.97 Å². The lowest BCUT2D eigenvalue weighted by Gasteiger charge is -2.16. The maximum absolute atomic E-state index is 8.96. The molecule has 0 saturated heterocycles. The van der Waals surface area contributed by atoms with Crippen LogP contribution in [0, 0.1) is 25.2 Å². The predicted molar refractivity (Wildman–Crippen MR) is 139 cm³/mol. The molecule has 0 amide bonds. The van der Waals surface area contributed by atoms with Crippen molar-refractivity contribution in [3.05, 3.63) is 108 Å². The molecule has 1 aromatic heterocycles. The monoisotopic (exact) mass is 441 g/mol. The summed E-state index contributed by atoms with van der Waals surface area (Å²) >= 11 is 0. The maximum atomic E-state index is 8.96. The number of hydrogen-bond acceptors (Lipinski definition) is 5. The van der Waals surface area contributed by atoms with E-state index in [9.17, 15) is 0 Å². The molecule has 0 spiro atoms. The predicted octanol–water partition coefficient (Wildman–Crippen LogP) is 7.27. The van der Waals surface area contributed by atoms with Crippen LogP contribution in [0.2, 0.25) is 0 Å². The first-order valence-corrected chi connectivity index (χ1v) is 11.1. The van der Waals surface area contributed by atoms with Crippen LogP contribution < -0.4 is 10.6 Å². The van der Waals surface area contributed by atoms with Gasteiger partial charge in [-0.1, -0.05) is 42.5 Å². The third kappa shape index (κ3) is 4.30. The van der Waals surface area contributed by atoms with Gasteiger partial charge in [0, 0.05) is 17.6 Å². The Morgan fingerprint density at radius 1 is 0.794 bits per heavy atom. The van der Waals surface area contributed by atoms with E-state index < -0.39 is 0 Å². The smallest absolute Gasteiger partial charge is 0.229 e. The van der Waals surface area contributed by atoms with Gasteiger partial charge in [0.25, 0.3) is 0 Å². The standard InChI is InChI=1S/C29H23N5/c1-19-16-23(26-9-5-7-22-6-3-4-8-25(22)26)17-20(2)28(19)33-27-14-15-31-29(34-27)32-24-12-10-21(18-30)11-13-24/h3-17H,1-2H3,(H2,31,32,33,34). The van der Waals surface area contributed by atoms with Crippen LogP contribution in [-0.2, 0) is 0 Å². The molecule has 5 aromatic rings. The van der Waals surface area contributed by atoms with E-state index in [4.69, 9.17) is 5.26 Å². The van der Waals surface area contributed by atoms with Gasteiger partial charge in [-0.2, -0.15) is 10.2 Å². The van der Waals surface area contributed by atoms with Crippen LogP contribution in [0.15, 0.2) is 91.1 Å². The lowest BCUT2D eigenvalue weighted by Crippen LogP contribution is -2.02. The Bertz CT molecular complexity index is 1500. The van der Waals surface area contributed by atoms with Gasteiger partial charge in [-0.3, -0.25) is 0 Å². The van der Waals surface area contributed by atoms with E-state index in [0.717, 1.165) is 22.5 Å². The second-order valence-corrected chi connectivity index (χ2v) is 8.22. The van der Waals surface area contributed by atoms with Gasteiger partial charge in [0.05, 0.1) is 11.6 Å². The van der Waals surface area contributed by atoms with Crippen LogP contribution in [0.5, 0.6) is 0 Å². The minimum atomic E-state index is 0.484. The van der Waals surface area contributed by atoms with Crippen LogP contribution in [0.1, 0.15) is 16.7 Å². The lowest BCUT2D eigenvalue weighted by atomic mass is 9.94. The molecule has 5 heteroatoms. The molecule has 0 bridgehead atoms. The Morgan fingerprint density at radius 3 is 2.29 bits per heavy atom. The van der Waals surface area contributed by atoms with Crippen molar-refractivity contribution in [1.29, 1.82) is 5.26 Å². The molecule has 0 aliphatic carbocycles. The van der Waals surface area contributed by atoms with Crippen LogP contribution in [0.3, 0.4) is 0 Å². The molecule has 5 nitrogen and oxygen atoms in total. The Labute approximate surface area is 198 Å². The van der Waals surface area contributed by atoms with E-state index in [1.165, 1.54) is 21.9 Å². The molecule has 4 aromatic carbocycles. The van der Waals surface area contributed by atoms with Crippen molar-refractivity contribution in [2.75, 3.05) is 10.6 Å². The normalized spacial score (nSPS) is 10.6. The molecule has 34 heavy (non-hydrogen) atoms. The molecular weight excluding hydrogens is 418 g/mol. The number of hydrogen-bond donors (Lipinski definition) is 2. The topological polar surface area (TPSA) is 73.6 Å². The van der Waals surface area contributed by atoms with Gasteiger partial charge >= 0.3 is 0 Å². The number of nitrogens with zero attached hydrogens (tertiary/aromatic N) is 3. The first kappa shape index (κ1) is 21.2. The molecule has 0 saturated carbocycles. The third-order valence-electron chi connectivity index (χ3n) is 5.81. The molecule has 164 valence electrons. The van der Waals surface area contributed by atoms with Crippen molar-refractivity contribution in [3.8, 4) is 17.2 Å². The minimum absolute atomic E-state index is 0.484. The van der Waals surface area contributed by atoms with E-state index in [2.05, 4.69) is 95.1 Å². The van der Waals surface area contributed by atoms with E-state index in [1.54, 1.807) is 18.3 Å². The number of fused-ring (bicyclic) bond motifs is 1. The molecule has 0 radical (unpaired) electrons. The van der Waals surface area contributed by atoms with Gasteiger partial charge in [0.1, 0.15) is 5.82 Å². The zero-order valence-corrected chi connectivity index (χ0v) is 19.0. The third-order valence-corrected chi connectivity index (χ3v) is 5.81. The summed E-state index contributed by atoms with van der Waals surface area (Å²) in [4.78, 5) is 8.93. The van der Waals surface area contributed by atoms with Gasteiger partial charge in [-0.05, 0) is 89.3 Å². The molecule has 0 fully saturated rings. The number of aryl methyl sites for hydroxylation is 2. The van der Waals surface area contributed by atoms with Gasteiger partial charge < -0.3 is 10.6 Å². The number of aromatic nitrogens is 2. The number of nitrogens with one attached hydrogen (secondary N) is 2.